The molecule has 2 aromatic rings. The summed E-state index contributed by atoms with van der Waals surface area (Å²) in [7, 11) is 1.76. The second-order valence-corrected chi connectivity index (χ2v) is 8.40. The highest BCUT2D eigenvalue weighted by molar-refractivity contribution is 6.31. The van der Waals surface area contributed by atoms with Gasteiger partial charge in [-0.1, -0.05) is 11.6 Å². The van der Waals surface area contributed by atoms with E-state index < -0.39 is 5.92 Å². The van der Waals surface area contributed by atoms with Crippen LogP contribution in [0.2, 0.25) is 5.02 Å². The van der Waals surface area contributed by atoms with Crippen LogP contribution in [-0.2, 0) is 11.3 Å². The highest BCUT2D eigenvalue weighted by atomic mass is 35.5. The summed E-state index contributed by atoms with van der Waals surface area (Å²) in [6.07, 6.45) is 6.25. The van der Waals surface area contributed by atoms with E-state index >= 15 is 0 Å². The van der Waals surface area contributed by atoms with Gasteiger partial charge in [-0.2, -0.15) is 0 Å². The van der Waals surface area contributed by atoms with Crippen molar-refractivity contribution in [2.75, 3.05) is 20.1 Å². The highest BCUT2D eigenvalue weighted by Gasteiger charge is 2.38. The van der Waals surface area contributed by atoms with Crippen LogP contribution in [0.1, 0.15) is 47.3 Å². The van der Waals surface area contributed by atoms with E-state index in [4.69, 9.17) is 11.6 Å². The lowest BCUT2D eigenvalue weighted by atomic mass is 10.0. The third kappa shape index (κ3) is 3.88. The minimum absolute atomic E-state index is 0.0766. The molecule has 3 aliphatic rings. The van der Waals surface area contributed by atoms with E-state index in [2.05, 4.69) is 35.5 Å². The first-order valence-corrected chi connectivity index (χ1v) is 10.7. The van der Waals surface area contributed by atoms with Gasteiger partial charge in [0.1, 0.15) is 11.6 Å². The summed E-state index contributed by atoms with van der Waals surface area (Å²) in [5.41, 5.74) is 0.787. The van der Waals surface area contributed by atoms with Crippen molar-refractivity contribution in [1.29, 1.82) is 0 Å². The summed E-state index contributed by atoms with van der Waals surface area (Å²) in [6.45, 7) is 1.82. The number of aromatic nitrogens is 4. The van der Waals surface area contributed by atoms with Crippen molar-refractivity contribution in [1.82, 2.24) is 40.4 Å². The number of carbonyl (C=O) groups is 2. The Bertz CT molecular complexity index is 1050. The van der Waals surface area contributed by atoms with E-state index in [-0.39, 0.29) is 23.7 Å². The number of aromatic amines is 1. The summed E-state index contributed by atoms with van der Waals surface area (Å²) in [5, 5.41) is 14.5. The van der Waals surface area contributed by atoms with Crippen molar-refractivity contribution in [3.8, 4) is 0 Å². The van der Waals surface area contributed by atoms with Gasteiger partial charge in [0.05, 0.1) is 23.2 Å². The molecule has 31 heavy (non-hydrogen) atoms. The van der Waals surface area contributed by atoms with E-state index in [0.717, 1.165) is 24.4 Å². The number of H-pyrrole nitrogens is 1. The lowest BCUT2D eigenvalue weighted by Crippen LogP contribution is -2.41. The molecule has 2 aliphatic heterocycles. The molecular formula is C20H23ClN8O2. The largest absolute Gasteiger partial charge is 0.347 e. The van der Waals surface area contributed by atoms with Gasteiger partial charge in [-0.25, -0.2) is 9.99 Å². The summed E-state index contributed by atoms with van der Waals surface area (Å²) in [5.74, 6) is 0.419. The van der Waals surface area contributed by atoms with Gasteiger partial charge in [-0.3, -0.25) is 24.7 Å². The molecule has 0 bridgehead atoms. The van der Waals surface area contributed by atoms with E-state index in [1.807, 2.05) is 12.1 Å². The highest BCUT2D eigenvalue weighted by Crippen LogP contribution is 2.32. The molecule has 1 saturated carbocycles. The van der Waals surface area contributed by atoms with Gasteiger partial charge in [0.2, 0.25) is 11.7 Å². The van der Waals surface area contributed by atoms with Gasteiger partial charge >= 0.3 is 0 Å². The monoisotopic (exact) mass is 442 g/mol. The Labute approximate surface area is 184 Å². The fourth-order valence-electron chi connectivity index (χ4n) is 3.94. The molecular weight excluding hydrogens is 420 g/mol. The number of amides is 2. The third-order valence-electron chi connectivity index (χ3n) is 5.81. The second-order valence-electron chi connectivity index (χ2n) is 8.00. The fourth-order valence-corrected chi connectivity index (χ4v) is 4.13. The minimum Gasteiger partial charge on any atom is -0.347 e. The van der Waals surface area contributed by atoms with E-state index in [1.54, 1.807) is 24.2 Å². The molecule has 162 valence electrons. The number of rotatable bonds is 5. The molecule has 2 aromatic heterocycles. The van der Waals surface area contributed by atoms with Crippen LogP contribution < -0.4 is 5.32 Å². The lowest BCUT2D eigenvalue weighted by Gasteiger charge is -2.33. The Morgan fingerprint density at radius 1 is 1.35 bits per heavy atom. The molecule has 2 amide bonds. The summed E-state index contributed by atoms with van der Waals surface area (Å²) in [4.78, 5) is 35.8. The molecule has 1 atom stereocenters. The zero-order valence-corrected chi connectivity index (χ0v) is 17.8. The first-order valence-electron chi connectivity index (χ1n) is 10.3. The van der Waals surface area contributed by atoms with E-state index in [9.17, 15) is 9.59 Å². The van der Waals surface area contributed by atoms with Crippen LogP contribution in [0.4, 0.5) is 0 Å². The van der Waals surface area contributed by atoms with Gasteiger partial charge < -0.3 is 10.2 Å². The molecule has 1 aliphatic carbocycles. The number of likely N-dealkylation sites (N-methyl/N-ethyl adjacent to an activating group) is 1. The van der Waals surface area contributed by atoms with E-state index in [0.29, 0.717) is 36.9 Å². The molecule has 2 fully saturated rings. The molecule has 5 rings (SSSR count). The number of hydrazine groups is 1. The molecule has 11 heteroatoms. The zero-order valence-electron chi connectivity index (χ0n) is 17.1. The Kier molecular flexibility index (Phi) is 5.11. The van der Waals surface area contributed by atoms with Crippen LogP contribution in [0, 0.1) is 0 Å². The quantitative estimate of drug-likeness (QED) is 0.717. The Balaban J connectivity index is 1.32. The van der Waals surface area contributed by atoms with Crippen LogP contribution in [0.15, 0.2) is 30.2 Å². The molecule has 0 aromatic carbocycles. The van der Waals surface area contributed by atoms with Crippen molar-refractivity contribution >= 4 is 23.4 Å². The minimum atomic E-state index is -0.508. The number of nitrogens with one attached hydrogen (secondary N) is 2. The number of fused-ring (bicyclic) bond motifs is 1. The van der Waals surface area contributed by atoms with Crippen molar-refractivity contribution < 1.29 is 9.59 Å². The molecule has 2 N–H and O–H groups in total. The normalized spacial score (nSPS) is 21.7. The van der Waals surface area contributed by atoms with Gasteiger partial charge in [-0.05, 0) is 37.5 Å². The number of carbonyl (C=O) groups excluding carboxylic acids is 2. The SMILES string of the molecule is CN1C(=O)[C@H](c2nc(C(=O)NC3CC3)n[nH]2)CCN2C1=CCN2Cc1ncccc1Cl. The maximum Gasteiger partial charge on any atom is 0.291 e. The van der Waals surface area contributed by atoms with Crippen molar-refractivity contribution in [3.63, 3.8) is 0 Å². The van der Waals surface area contributed by atoms with Crippen LogP contribution >= 0.6 is 11.6 Å². The van der Waals surface area contributed by atoms with Gasteiger partial charge in [0, 0.05) is 32.4 Å². The van der Waals surface area contributed by atoms with Crippen molar-refractivity contribution in [3.05, 3.63) is 52.6 Å². The molecule has 1 saturated heterocycles. The molecule has 4 heterocycles. The maximum absolute atomic E-state index is 13.2. The molecule has 0 radical (unpaired) electrons. The maximum atomic E-state index is 13.2. The van der Waals surface area contributed by atoms with E-state index in [1.165, 1.54) is 0 Å². The Morgan fingerprint density at radius 3 is 2.97 bits per heavy atom. The zero-order chi connectivity index (χ0) is 21.5. The number of halogens is 1. The van der Waals surface area contributed by atoms with Crippen LogP contribution in [-0.4, -0.2) is 73.1 Å². The average molecular weight is 443 g/mol. The van der Waals surface area contributed by atoms with Gasteiger partial charge in [-0.15, -0.1) is 5.10 Å². The third-order valence-corrected chi connectivity index (χ3v) is 6.15. The second kappa shape index (κ2) is 7.93. The Morgan fingerprint density at radius 2 is 2.19 bits per heavy atom. The molecule has 0 unspecified atom stereocenters. The number of pyridine rings is 1. The fraction of sp³-hybridized carbons (Fsp3) is 0.450. The van der Waals surface area contributed by atoms with Crippen molar-refractivity contribution in [2.45, 2.75) is 37.8 Å². The number of hydrogen-bond donors (Lipinski definition) is 2. The summed E-state index contributed by atoms with van der Waals surface area (Å²) < 4.78 is 0. The van der Waals surface area contributed by atoms with Gasteiger partial charge in [0.15, 0.2) is 0 Å². The first-order chi connectivity index (χ1) is 15.0. The lowest BCUT2D eigenvalue weighted by molar-refractivity contribution is -0.130. The molecule has 0 spiro atoms. The average Bonchev–Trinajstić information content (AvgIpc) is 3.32. The number of nitrogens with zero attached hydrogens (tertiary/aromatic N) is 6. The molecule has 10 nitrogen and oxygen atoms in total. The Hall–Kier alpha value is -2.98. The van der Waals surface area contributed by atoms with Gasteiger partial charge in [0.25, 0.3) is 5.91 Å². The summed E-state index contributed by atoms with van der Waals surface area (Å²) in [6, 6.07) is 3.85. The standard InChI is InChI=1S/C20H23ClN8O2/c1-27-16-7-9-28(11-15-14(21)3-2-8-22-15)29(16)10-6-13(20(27)31)17-24-18(26-25-17)19(30)23-12-4-5-12/h2-3,7-8,12-13H,4-6,9-11H2,1H3,(H,23,30)(H,24,25,26)/t13-/m0/s1. The topological polar surface area (TPSA) is 110 Å². The summed E-state index contributed by atoms with van der Waals surface area (Å²) >= 11 is 6.29. The number of hydrogen-bond acceptors (Lipinski definition) is 7. The van der Waals surface area contributed by atoms with Crippen LogP contribution in [0.5, 0.6) is 0 Å². The first kappa shape index (κ1) is 20.0. The van der Waals surface area contributed by atoms with Crippen molar-refractivity contribution in [2.24, 2.45) is 0 Å². The van der Waals surface area contributed by atoms with Crippen LogP contribution in [0.3, 0.4) is 0 Å². The predicted octanol–water partition coefficient (Wildman–Crippen LogP) is 1.27. The van der Waals surface area contributed by atoms with Crippen LogP contribution in [0.25, 0.3) is 0 Å². The smallest absolute Gasteiger partial charge is 0.291 e. The predicted molar refractivity (Wildman–Crippen MR) is 111 cm³/mol.